The van der Waals surface area contributed by atoms with Gasteiger partial charge in [-0.2, -0.15) is 0 Å². The molecule has 0 aliphatic carbocycles. The molecule has 0 atom stereocenters. The van der Waals surface area contributed by atoms with E-state index < -0.39 is 5.97 Å². The maximum atomic E-state index is 12.3. The fourth-order valence-electron chi connectivity index (χ4n) is 2.08. The second-order valence-electron chi connectivity index (χ2n) is 4.46. The Hall–Kier alpha value is -2.61. The first-order valence-corrected chi connectivity index (χ1v) is 7.40. The number of hydrogen-bond acceptors (Lipinski definition) is 7. The third kappa shape index (κ3) is 2.37. The Morgan fingerprint density at radius 1 is 1.41 bits per heavy atom. The molecule has 0 aliphatic rings. The number of rotatable bonds is 3. The van der Waals surface area contributed by atoms with Crippen LogP contribution in [0.5, 0.6) is 0 Å². The van der Waals surface area contributed by atoms with Gasteiger partial charge >= 0.3 is 5.97 Å². The molecule has 3 rings (SSSR count). The van der Waals surface area contributed by atoms with Crippen molar-refractivity contribution in [2.24, 2.45) is 0 Å². The Morgan fingerprint density at radius 3 is 2.91 bits per heavy atom. The number of nitrogens with one attached hydrogen (secondary N) is 1. The Bertz CT molecular complexity index is 902. The van der Waals surface area contributed by atoms with E-state index in [1.165, 1.54) is 18.6 Å². The van der Waals surface area contributed by atoms with Crippen LogP contribution in [-0.4, -0.2) is 32.5 Å². The van der Waals surface area contributed by atoms with E-state index in [1.807, 2.05) is 0 Å². The SMILES string of the molecule is CCOC(=O)c1sc2nc(-c3cnccn3)[nH]c(=O)c2c1C. The van der Waals surface area contributed by atoms with Crippen LogP contribution < -0.4 is 5.56 Å². The Labute approximate surface area is 129 Å². The summed E-state index contributed by atoms with van der Waals surface area (Å²) in [5, 5.41) is 0.403. The number of aromatic amines is 1. The summed E-state index contributed by atoms with van der Waals surface area (Å²) in [4.78, 5) is 40.2. The molecule has 0 fully saturated rings. The van der Waals surface area contributed by atoms with Crippen LogP contribution in [0.25, 0.3) is 21.7 Å². The molecule has 3 heterocycles. The van der Waals surface area contributed by atoms with E-state index in [0.29, 0.717) is 32.2 Å². The van der Waals surface area contributed by atoms with Crippen LogP contribution >= 0.6 is 11.3 Å². The van der Waals surface area contributed by atoms with Crippen molar-refractivity contribution in [3.05, 3.63) is 39.4 Å². The number of carbonyl (C=O) groups excluding carboxylic acids is 1. The van der Waals surface area contributed by atoms with Crippen LogP contribution in [0.1, 0.15) is 22.2 Å². The van der Waals surface area contributed by atoms with Crippen LogP contribution in [0.4, 0.5) is 0 Å². The first kappa shape index (κ1) is 14.3. The normalized spacial score (nSPS) is 10.8. The second-order valence-corrected chi connectivity index (χ2v) is 5.46. The summed E-state index contributed by atoms with van der Waals surface area (Å²) in [5.41, 5.74) is 0.734. The molecule has 0 aliphatic heterocycles. The molecule has 3 aromatic heterocycles. The number of esters is 1. The van der Waals surface area contributed by atoms with Gasteiger partial charge in [-0.25, -0.2) is 14.8 Å². The summed E-state index contributed by atoms with van der Waals surface area (Å²) in [6, 6.07) is 0. The number of aromatic nitrogens is 4. The molecule has 0 aromatic carbocycles. The number of aryl methyl sites for hydroxylation is 1. The van der Waals surface area contributed by atoms with Crippen LogP contribution in [0.15, 0.2) is 23.4 Å². The predicted molar refractivity (Wildman–Crippen MR) is 82.0 cm³/mol. The van der Waals surface area contributed by atoms with E-state index in [4.69, 9.17) is 4.74 Å². The van der Waals surface area contributed by atoms with Crippen molar-refractivity contribution in [3.8, 4) is 11.5 Å². The lowest BCUT2D eigenvalue weighted by Gasteiger charge is -1.99. The number of hydrogen-bond donors (Lipinski definition) is 1. The standard InChI is InChI=1S/C14H12N4O3S/c1-3-21-14(20)10-7(2)9-12(19)17-11(18-13(9)22-10)8-6-15-4-5-16-8/h4-6H,3H2,1-2H3,(H,17,18,19). The minimum absolute atomic E-state index is 0.279. The molecule has 0 unspecified atom stereocenters. The summed E-state index contributed by atoms with van der Waals surface area (Å²) in [6.07, 6.45) is 4.56. The average molecular weight is 316 g/mol. The molecule has 0 amide bonds. The molecular formula is C14H12N4O3S. The number of H-pyrrole nitrogens is 1. The van der Waals surface area contributed by atoms with Gasteiger partial charge in [0.15, 0.2) is 5.82 Å². The van der Waals surface area contributed by atoms with E-state index >= 15 is 0 Å². The highest BCUT2D eigenvalue weighted by molar-refractivity contribution is 7.20. The third-order valence-corrected chi connectivity index (χ3v) is 4.23. The average Bonchev–Trinajstić information content (AvgIpc) is 2.86. The van der Waals surface area contributed by atoms with Crippen molar-refractivity contribution in [1.82, 2.24) is 19.9 Å². The van der Waals surface area contributed by atoms with Gasteiger partial charge in [-0.1, -0.05) is 0 Å². The van der Waals surface area contributed by atoms with Crippen LogP contribution in [0, 0.1) is 6.92 Å². The largest absolute Gasteiger partial charge is 0.462 e. The van der Waals surface area contributed by atoms with Crippen LogP contribution in [0.3, 0.4) is 0 Å². The van der Waals surface area contributed by atoms with Crippen molar-refractivity contribution in [2.45, 2.75) is 13.8 Å². The van der Waals surface area contributed by atoms with E-state index in [0.717, 1.165) is 11.3 Å². The monoisotopic (exact) mass is 316 g/mol. The highest BCUT2D eigenvalue weighted by atomic mass is 32.1. The zero-order valence-electron chi connectivity index (χ0n) is 11.9. The van der Waals surface area contributed by atoms with Gasteiger partial charge in [0.2, 0.25) is 0 Å². The fraction of sp³-hybridized carbons (Fsp3) is 0.214. The number of fused-ring (bicyclic) bond motifs is 1. The molecule has 3 aromatic rings. The third-order valence-electron chi connectivity index (χ3n) is 3.07. The Balaban J connectivity index is 2.19. The molecular weight excluding hydrogens is 304 g/mol. The Kier molecular flexibility index (Phi) is 3.68. The highest BCUT2D eigenvalue weighted by Crippen LogP contribution is 2.28. The lowest BCUT2D eigenvalue weighted by molar-refractivity contribution is 0.0531. The van der Waals surface area contributed by atoms with Gasteiger partial charge in [0.1, 0.15) is 15.4 Å². The number of ether oxygens (including phenoxy) is 1. The topological polar surface area (TPSA) is 97.8 Å². The zero-order chi connectivity index (χ0) is 15.7. The summed E-state index contributed by atoms with van der Waals surface area (Å²) in [7, 11) is 0. The van der Waals surface area contributed by atoms with E-state index in [2.05, 4.69) is 19.9 Å². The molecule has 0 bridgehead atoms. The lowest BCUT2D eigenvalue weighted by Crippen LogP contribution is -2.10. The molecule has 0 radical (unpaired) electrons. The van der Waals surface area contributed by atoms with Crippen molar-refractivity contribution >= 4 is 27.5 Å². The highest BCUT2D eigenvalue weighted by Gasteiger charge is 2.20. The van der Waals surface area contributed by atoms with E-state index in [9.17, 15) is 9.59 Å². The van der Waals surface area contributed by atoms with Crippen molar-refractivity contribution in [3.63, 3.8) is 0 Å². The first-order chi connectivity index (χ1) is 10.6. The van der Waals surface area contributed by atoms with Gasteiger partial charge in [0.25, 0.3) is 5.56 Å². The smallest absolute Gasteiger partial charge is 0.348 e. The molecule has 22 heavy (non-hydrogen) atoms. The molecule has 7 nitrogen and oxygen atoms in total. The second kappa shape index (κ2) is 5.64. The minimum Gasteiger partial charge on any atom is -0.462 e. The van der Waals surface area contributed by atoms with Gasteiger partial charge in [-0.05, 0) is 19.4 Å². The van der Waals surface area contributed by atoms with Crippen LogP contribution in [-0.2, 0) is 4.74 Å². The molecule has 112 valence electrons. The molecule has 0 spiro atoms. The quantitative estimate of drug-likeness (QED) is 0.741. The van der Waals surface area contributed by atoms with Crippen molar-refractivity contribution in [2.75, 3.05) is 6.61 Å². The van der Waals surface area contributed by atoms with Gasteiger partial charge in [0.05, 0.1) is 18.2 Å². The van der Waals surface area contributed by atoms with Gasteiger partial charge in [0, 0.05) is 12.4 Å². The van der Waals surface area contributed by atoms with Crippen molar-refractivity contribution in [1.29, 1.82) is 0 Å². The maximum Gasteiger partial charge on any atom is 0.348 e. The first-order valence-electron chi connectivity index (χ1n) is 6.58. The molecule has 0 saturated carbocycles. The fourth-order valence-corrected chi connectivity index (χ4v) is 3.15. The Morgan fingerprint density at radius 2 is 2.23 bits per heavy atom. The molecule has 0 saturated heterocycles. The van der Waals surface area contributed by atoms with Crippen LogP contribution in [0.2, 0.25) is 0 Å². The van der Waals surface area contributed by atoms with Gasteiger partial charge < -0.3 is 9.72 Å². The summed E-state index contributed by atoms with van der Waals surface area (Å²) in [6.45, 7) is 3.73. The number of thiophene rings is 1. The maximum absolute atomic E-state index is 12.3. The summed E-state index contributed by atoms with van der Waals surface area (Å²) >= 11 is 1.14. The van der Waals surface area contributed by atoms with Crippen molar-refractivity contribution < 1.29 is 9.53 Å². The van der Waals surface area contributed by atoms with E-state index in [1.54, 1.807) is 13.8 Å². The van der Waals surface area contributed by atoms with Gasteiger partial charge in [-0.3, -0.25) is 9.78 Å². The number of carbonyl (C=O) groups is 1. The van der Waals surface area contributed by atoms with E-state index in [-0.39, 0.29) is 12.2 Å². The minimum atomic E-state index is -0.441. The zero-order valence-corrected chi connectivity index (χ0v) is 12.7. The summed E-state index contributed by atoms with van der Waals surface area (Å²) in [5.74, 6) is -0.120. The molecule has 1 N–H and O–H groups in total. The van der Waals surface area contributed by atoms with Gasteiger partial charge in [-0.15, -0.1) is 11.3 Å². The molecule has 8 heteroatoms. The lowest BCUT2D eigenvalue weighted by atomic mass is 10.2. The number of nitrogens with zero attached hydrogens (tertiary/aromatic N) is 3. The summed E-state index contributed by atoms with van der Waals surface area (Å²) < 4.78 is 5.00. The predicted octanol–water partition coefficient (Wildman–Crippen LogP) is 1.93.